The number of nitrogens with two attached hydrogens (primary N) is 1. The van der Waals surface area contributed by atoms with E-state index in [9.17, 15) is 5.11 Å². The SMILES string of the molecule is CC1(C)CCC(O)(C2(N)CCCNC2)C1. The molecule has 3 heteroatoms. The van der Waals surface area contributed by atoms with Crippen molar-refractivity contribution in [1.29, 1.82) is 0 Å². The second-order valence-corrected chi connectivity index (χ2v) is 6.31. The van der Waals surface area contributed by atoms with E-state index in [1.807, 2.05) is 0 Å². The summed E-state index contributed by atoms with van der Waals surface area (Å²) in [5.41, 5.74) is 5.60. The van der Waals surface area contributed by atoms with Crippen LogP contribution in [0.3, 0.4) is 0 Å². The predicted molar refractivity (Wildman–Crippen MR) is 61.6 cm³/mol. The Morgan fingerprint density at radius 1 is 1.20 bits per heavy atom. The monoisotopic (exact) mass is 212 g/mol. The number of nitrogens with one attached hydrogen (secondary N) is 1. The minimum Gasteiger partial charge on any atom is -0.388 e. The maximum atomic E-state index is 10.7. The first-order valence-corrected chi connectivity index (χ1v) is 6.09. The van der Waals surface area contributed by atoms with Crippen LogP contribution in [0, 0.1) is 5.41 Å². The molecule has 0 bridgehead atoms. The molecule has 1 saturated carbocycles. The highest BCUT2D eigenvalue weighted by Crippen LogP contribution is 2.49. The number of aliphatic hydroxyl groups is 1. The Morgan fingerprint density at radius 3 is 2.40 bits per heavy atom. The van der Waals surface area contributed by atoms with Gasteiger partial charge in [0.1, 0.15) is 0 Å². The van der Waals surface area contributed by atoms with Gasteiger partial charge in [-0.2, -0.15) is 0 Å². The second kappa shape index (κ2) is 3.44. The Kier molecular flexibility index (Phi) is 2.61. The Labute approximate surface area is 92.4 Å². The van der Waals surface area contributed by atoms with E-state index in [0.717, 1.165) is 45.2 Å². The van der Waals surface area contributed by atoms with Crippen LogP contribution in [0.25, 0.3) is 0 Å². The van der Waals surface area contributed by atoms with Crippen molar-refractivity contribution in [1.82, 2.24) is 5.32 Å². The lowest BCUT2D eigenvalue weighted by Crippen LogP contribution is -2.66. The maximum Gasteiger partial charge on any atom is 0.0844 e. The summed E-state index contributed by atoms with van der Waals surface area (Å²) >= 11 is 0. The van der Waals surface area contributed by atoms with Gasteiger partial charge in [0.25, 0.3) is 0 Å². The lowest BCUT2D eigenvalue weighted by molar-refractivity contribution is -0.0468. The number of hydrogen-bond acceptors (Lipinski definition) is 3. The van der Waals surface area contributed by atoms with Gasteiger partial charge in [-0.25, -0.2) is 0 Å². The quantitative estimate of drug-likeness (QED) is 0.608. The molecule has 88 valence electrons. The van der Waals surface area contributed by atoms with Crippen molar-refractivity contribution in [2.24, 2.45) is 11.1 Å². The molecular formula is C12H24N2O. The van der Waals surface area contributed by atoms with E-state index in [0.29, 0.717) is 0 Å². The summed E-state index contributed by atoms with van der Waals surface area (Å²) in [6, 6.07) is 0. The third-order valence-electron chi connectivity index (χ3n) is 4.33. The van der Waals surface area contributed by atoms with Crippen molar-refractivity contribution >= 4 is 0 Å². The molecule has 0 aromatic heterocycles. The van der Waals surface area contributed by atoms with Crippen LogP contribution >= 0.6 is 0 Å². The van der Waals surface area contributed by atoms with Crippen LogP contribution < -0.4 is 11.1 Å². The third kappa shape index (κ3) is 1.93. The molecule has 2 fully saturated rings. The van der Waals surface area contributed by atoms with Gasteiger partial charge in [0.05, 0.1) is 11.1 Å². The first-order chi connectivity index (χ1) is 6.87. The summed E-state index contributed by atoms with van der Waals surface area (Å²) in [4.78, 5) is 0. The van der Waals surface area contributed by atoms with Crippen LogP contribution in [0.5, 0.6) is 0 Å². The van der Waals surface area contributed by atoms with E-state index in [2.05, 4.69) is 19.2 Å². The fourth-order valence-electron chi connectivity index (χ4n) is 3.26. The van der Waals surface area contributed by atoms with Crippen molar-refractivity contribution in [3.63, 3.8) is 0 Å². The molecule has 2 unspecified atom stereocenters. The highest BCUT2D eigenvalue weighted by atomic mass is 16.3. The molecule has 15 heavy (non-hydrogen) atoms. The van der Waals surface area contributed by atoms with Gasteiger partial charge in [0.15, 0.2) is 0 Å². The molecule has 4 N–H and O–H groups in total. The number of hydrogen-bond donors (Lipinski definition) is 3. The first-order valence-electron chi connectivity index (χ1n) is 6.09. The first kappa shape index (κ1) is 11.4. The highest BCUT2D eigenvalue weighted by Gasteiger charge is 2.53. The van der Waals surface area contributed by atoms with Crippen LogP contribution in [0.1, 0.15) is 46.0 Å². The molecule has 1 saturated heterocycles. The summed E-state index contributed by atoms with van der Waals surface area (Å²) in [5, 5.41) is 14.1. The molecule has 2 atom stereocenters. The van der Waals surface area contributed by atoms with Crippen molar-refractivity contribution in [3.8, 4) is 0 Å². The van der Waals surface area contributed by atoms with Gasteiger partial charge >= 0.3 is 0 Å². The van der Waals surface area contributed by atoms with Gasteiger partial charge in [-0.15, -0.1) is 0 Å². The molecule has 2 aliphatic rings. The van der Waals surface area contributed by atoms with Gasteiger partial charge in [0, 0.05) is 6.54 Å². The van der Waals surface area contributed by atoms with Gasteiger partial charge in [-0.05, 0) is 44.1 Å². The van der Waals surface area contributed by atoms with E-state index >= 15 is 0 Å². The predicted octanol–water partition coefficient (Wildman–Crippen LogP) is 1.01. The lowest BCUT2D eigenvalue weighted by Gasteiger charge is -2.46. The molecule has 0 aromatic carbocycles. The Hall–Kier alpha value is -0.120. The molecule has 0 aromatic rings. The summed E-state index contributed by atoms with van der Waals surface area (Å²) in [6.07, 6.45) is 4.82. The van der Waals surface area contributed by atoms with Crippen LogP contribution in [-0.2, 0) is 0 Å². The number of piperidine rings is 1. The molecule has 0 radical (unpaired) electrons. The lowest BCUT2D eigenvalue weighted by atomic mass is 9.72. The zero-order chi connectivity index (χ0) is 11.2. The fourth-order valence-corrected chi connectivity index (χ4v) is 3.26. The van der Waals surface area contributed by atoms with E-state index in [4.69, 9.17) is 5.73 Å². The van der Waals surface area contributed by atoms with Crippen molar-refractivity contribution in [2.45, 2.75) is 57.1 Å². The minimum atomic E-state index is -0.649. The van der Waals surface area contributed by atoms with E-state index < -0.39 is 11.1 Å². The highest BCUT2D eigenvalue weighted by molar-refractivity contribution is 5.11. The summed E-state index contributed by atoms with van der Waals surface area (Å²) < 4.78 is 0. The minimum absolute atomic E-state index is 0.249. The molecule has 1 heterocycles. The van der Waals surface area contributed by atoms with Crippen LogP contribution in [0.15, 0.2) is 0 Å². The van der Waals surface area contributed by atoms with Gasteiger partial charge in [-0.3, -0.25) is 0 Å². The fraction of sp³-hybridized carbons (Fsp3) is 1.00. The Bertz CT molecular complexity index is 246. The smallest absolute Gasteiger partial charge is 0.0844 e. The van der Waals surface area contributed by atoms with Crippen LogP contribution in [0.4, 0.5) is 0 Å². The topological polar surface area (TPSA) is 58.3 Å². The largest absolute Gasteiger partial charge is 0.388 e. The maximum absolute atomic E-state index is 10.7. The molecule has 3 nitrogen and oxygen atoms in total. The van der Waals surface area contributed by atoms with Crippen molar-refractivity contribution in [3.05, 3.63) is 0 Å². The average Bonchev–Trinajstić information content (AvgIpc) is 2.44. The van der Waals surface area contributed by atoms with Crippen LogP contribution in [-0.4, -0.2) is 29.3 Å². The van der Waals surface area contributed by atoms with Crippen molar-refractivity contribution < 1.29 is 5.11 Å². The number of rotatable bonds is 1. The molecule has 1 aliphatic heterocycles. The molecule has 0 amide bonds. The third-order valence-corrected chi connectivity index (χ3v) is 4.33. The second-order valence-electron chi connectivity index (χ2n) is 6.31. The van der Waals surface area contributed by atoms with Gasteiger partial charge < -0.3 is 16.2 Å². The van der Waals surface area contributed by atoms with Gasteiger partial charge in [-0.1, -0.05) is 13.8 Å². The zero-order valence-electron chi connectivity index (χ0n) is 9.97. The van der Waals surface area contributed by atoms with E-state index in [1.165, 1.54) is 0 Å². The van der Waals surface area contributed by atoms with E-state index in [-0.39, 0.29) is 5.41 Å². The Balaban J connectivity index is 2.15. The normalized spacial score (nSPS) is 45.6. The summed E-state index contributed by atoms with van der Waals surface area (Å²) in [6.45, 7) is 6.26. The molecule has 2 rings (SSSR count). The average molecular weight is 212 g/mol. The van der Waals surface area contributed by atoms with E-state index in [1.54, 1.807) is 0 Å². The summed E-state index contributed by atoms with van der Waals surface area (Å²) in [7, 11) is 0. The van der Waals surface area contributed by atoms with Gasteiger partial charge in [0.2, 0.25) is 0 Å². The van der Waals surface area contributed by atoms with Crippen LogP contribution in [0.2, 0.25) is 0 Å². The molecule has 0 spiro atoms. The summed E-state index contributed by atoms with van der Waals surface area (Å²) in [5.74, 6) is 0. The standard InChI is InChI=1S/C12H24N2O/c1-10(2)5-6-12(15,8-10)11(13)4-3-7-14-9-11/h14-15H,3-9,13H2,1-2H3. The Morgan fingerprint density at radius 2 is 1.93 bits per heavy atom. The van der Waals surface area contributed by atoms with Crippen molar-refractivity contribution in [2.75, 3.05) is 13.1 Å². The molecule has 1 aliphatic carbocycles. The zero-order valence-corrected chi connectivity index (χ0v) is 9.97. The molecular weight excluding hydrogens is 188 g/mol.